The van der Waals surface area contributed by atoms with Crippen LogP contribution in [0.25, 0.3) is 0 Å². The molecule has 1 unspecified atom stereocenters. The Bertz CT molecular complexity index is 307. The van der Waals surface area contributed by atoms with Crippen molar-refractivity contribution < 1.29 is 5.11 Å². The molecule has 2 heteroatoms. The van der Waals surface area contributed by atoms with E-state index in [1.54, 1.807) is 0 Å². The van der Waals surface area contributed by atoms with Gasteiger partial charge in [-0.2, -0.15) is 0 Å². The zero-order valence-corrected chi connectivity index (χ0v) is 10.5. The quantitative estimate of drug-likeness (QED) is 0.773. The van der Waals surface area contributed by atoms with Gasteiger partial charge in [0, 0.05) is 5.69 Å². The molecule has 0 amide bonds. The third kappa shape index (κ3) is 3.53. The van der Waals surface area contributed by atoms with Crippen LogP contribution >= 0.6 is 0 Å². The molecule has 0 fully saturated rings. The molecule has 2 nitrogen and oxygen atoms in total. The number of aliphatic hydroxyl groups is 1. The predicted octanol–water partition coefficient (Wildman–Crippen LogP) is 3.20. The summed E-state index contributed by atoms with van der Waals surface area (Å²) in [6.45, 7) is 6.63. The molecule has 0 aliphatic heterocycles. The zero-order valence-electron chi connectivity index (χ0n) is 10.5. The highest BCUT2D eigenvalue weighted by Crippen LogP contribution is 2.18. The molecule has 0 bridgehead atoms. The Balaban J connectivity index is 2.69. The monoisotopic (exact) mass is 221 g/mol. The summed E-state index contributed by atoms with van der Waals surface area (Å²) in [5, 5.41) is 12.8. The lowest BCUT2D eigenvalue weighted by atomic mass is 9.94. The molecule has 1 aromatic carbocycles. The van der Waals surface area contributed by atoms with Crippen LogP contribution in [0.4, 0.5) is 5.69 Å². The third-order valence-electron chi connectivity index (χ3n) is 3.18. The summed E-state index contributed by atoms with van der Waals surface area (Å²) in [6, 6.07) is 8.45. The van der Waals surface area contributed by atoms with Gasteiger partial charge in [0.05, 0.1) is 12.6 Å². The van der Waals surface area contributed by atoms with E-state index in [1.807, 2.05) is 6.07 Å². The normalized spacial score (nSPS) is 12.8. The molecule has 0 aliphatic rings. The molecular formula is C14H23NO. The summed E-state index contributed by atoms with van der Waals surface area (Å²) in [4.78, 5) is 0. The first-order valence-electron chi connectivity index (χ1n) is 6.15. The van der Waals surface area contributed by atoms with Crippen molar-refractivity contribution in [3.63, 3.8) is 0 Å². The Hall–Kier alpha value is -1.02. The Morgan fingerprint density at radius 1 is 1.25 bits per heavy atom. The fourth-order valence-corrected chi connectivity index (χ4v) is 2.12. The van der Waals surface area contributed by atoms with Gasteiger partial charge in [-0.1, -0.05) is 38.8 Å². The van der Waals surface area contributed by atoms with Crippen molar-refractivity contribution in [3.05, 3.63) is 29.8 Å². The highest BCUT2D eigenvalue weighted by molar-refractivity contribution is 5.46. The topological polar surface area (TPSA) is 32.3 Å². The predicted molar refractivity (Wildman–Crippen MR) is 69.7 cm³/mol. The first-order valence-corrected chi connectivity index (χ1v) is 6.15. The van der Waals surface area contributed by atoms with Crippen molar-refractivity contribution in [2.45, 2.75) is 39.7 Å². The number of nitrogens with one attached hydrogen (secondary N) is 1. The molecule has 2 N–H and O–H groups in total. The average Bonchev–Trinajstić information content (AvgIpc) is 2.29. The lowest BCUT2D eigenvalue weighted by Gasteiger charge is -2.25. The molecule has 0 saturated heterocycles. The van der Waals surface area contributed by atoms with Gasteiger partial charge < -0.3 is 10.4 Å². The molecule has 0 spiro atoms. The number of benzene rings is 1. The summed E-state index contributed by atoms with van der Waals surface area (Å²) >= 11 is 0. The standard InChI is InChI=1S/C14H23NO/c1-4-12(5-2)14(10-16)15-13-8-6-7-11(3)9-13/h6-9,12,14-16H,4-5,10H2,1-3H3. The second kappa shape index (κ2) is 6.54. The maximum atomic E-state index is 9.43. The minimum atomic E-state index is 0.164. The SMILES string of the molecule is CCC(CC)C(CO)Nc1cccc(C)c1. The van der Waals surface area contributed by atoms with Crippen molar-refractivity contribution in [2.24, 2.45) is 5.92 Å². The van der Waals surface area contributed by atoms with E-state index in [0.717, 1.165) is 18.5 Å². The van der Waals surface area contributed by atoms with Crippen molar-refractivity contribution in [1.82, 2.24) is 0 Å². The van der Waals surface area contributed by atoms with Crippen molar-refractivity contribution in [1.29, 1.82) is 0 Å². The second-order valence-corrected chi connectivity index (χ2v) is 4.38. The summed E-state index contributed by atoms with van der Waals surface area (Å²) in [5.41, 5.74) is 2.34. The fourth-order valence-electron chi connectivity index (χ4n) is 2.12. The molecule has 0 aliphatic carbocycles. The van der Waals surface area contributed by atoms with Gasteiger partial charge in [-0.3, -0.25) is 0 Å². The van der Waals surface area contributed by atoms with Crippen LogP contribution in [0, 0.1) is 12.8 Å². The Morgan fingerprint density at radius 2 is 1.94 bits per heavy atom. The Morgan fingerprint density at radius 3 is 2.44 bits per heavy atom. The minimum Gasteiger partial charge on any atom is -0.394 e. The summed E-state index contributed by atoms with van der Waals surface area (Å²) < 4.78 is 0. The maximum absolute atomic E-state index is 9.43. The highest BCUT2D eigenvalue weighted by Gasteiger charge is 2.17. The molecule has 1 rings (SSSR count). The minimum absolute atomic E-state index is 0.164. The average molecular weight is 221 g/mol. The number of aryl methyl sites for hydroxylation is 1. The maximum Gasteiger partial charge on any atom is 0.0635 e. The molecule has 0 heterocycles. The lowest BCUT2D eigenvalue weighted by Crippen LogP contribution is -2.32. The molecule has 90 valence electrons. The lowest BCUT2D eigenvalue weighted by molar-refractivity contribution is 0.231. The van der Waals surface area contributed by atoms with Crippen LogP contribution in [0.1, 0.15) is 32.3 Å². The van der Waals surface area contributed by atoms with Crippen LogP contribution in [0.5, 0.6) is 0 Å². The van der Waals surface area contributed by atoms with E-state index in [-0.39, 0.29) is 12.6 Å². The van der Waals surface area contributed by atoms with Gasteiger partial charge in [-0.05, 0) is 30.5 Å². The number of hydrogen-bond donors (Lipinski definition) is 2. The fraction of sp³-hybridized carbons (Fsp3) is 0.571. The zero-order chi connectivity index (χ0) is 12.0. The summed E-state index contributed by atoms with van der Waals surface area (Å²) in [6.07, 6.45) is 2.20. The molecule has 0 saturated carbocycles. The summed E-state index contributed by atoms with van der Waals surface area (Å²) in [5.74, 6) is 0.533. The van der Waals surface area contributed by atoms with Gasteiger partial charge in [0.25, 0.3) is 0 Å². The van der Waals surface area contributed by atoms with Gasteiger partial charge in [-0.15, -0.1) is 0 Å². The molecular weight excluding hydrogens is 198 g/mol. The number of anilines is 1. The van der Waals surface area contributed by atoms with E-state index in [2.05, 4.69) is 44.3 Å². The van der Waals surface area contributed by atoms with Crippen molar-refractivity contribution in [2.75, 3.05) is 11.9 Å². The number of rotatable bonds is 6. The second-order valence-electron chi connectivity index (χ2n) is 4.38. The van der Waals surface area contributed by atoms with E-state index in [4.69, 9.17) is 0 Å². The molecule has 1 aromatic rings. The Kier molecular flexibility index (Phi) is 5.33. The van der Waals surface area contributed by atoms with E-state index < -0.39 is 0 Å². The third-order valence-corrected chi connectivity index (χ3v) is 3.18. The molecule has 16 heavy (non-hydrogen) atoms. The van der Waals surface area contributed by atoms with Gasteiger partial charge in [-0.25, -0.2) is 0 Å². The van der Waals surface area contributed by atoms with Gasteiger partial charge in [0.2, 0.25) is 0 Å². The van der Waals surface area contributed by atoms with Crippen LogP contribution in [-0.4, -0.2) is 17.8 Å². The first-order chi connectivity index (χ1) is 7.71. The Labute approximate surface area is 98.7 Å². The number of hydrogen-bond acceptors (Lipinski definition) is 2. The first kappa shape index (κ1) is 13.0. The van der Waals surface area contributed by atoms with E-state index in [1.165, 1.54) is 5.56 Å². The van der Waals surface area contributed by atoms with Gasteiger partial charge >= 0.3 is 0 Å². The van der Waals surface area contributed by atoms with Crippen LogP contribution in [-0.2, 0) is 0 Å². The van der Waals surface area contributed by atoms with E-state index >= 15 is 0 Å². The van der Waals surface area contributed by atoms with Gasteiger partial charge in [0.15, 0.2) is 0 Å². The molecule has 1 atom stereocenters. The largest absolute Gasteiger partial charge is 0.394 e. The van der Waals surface area contributed by atoms with Crippen LogP contribution < -0.4 is 5.32 Å². The van der Waals surface area contributed by atoms with E-state index in [9.17, 15) is 5.11 Å². The van der Waals surface area contributed by atoms with Gasteiger partial charge in [0.1, 0.15) is 0 Å². The molecule has 0 aromatic heterocycles. The van der Waals surface area contributed by atoms with Crippen LogP contribution in [0.3, 0.4) is 0 Å². The van der Waals surface area contributed by atoms with Crippen molar-refractivity contribution >= 4 is 5.69 Å². The molecule has 0 radical (unpaired) electrons. The highest BCUT2D eigenvalue weighted by atomic mass is 16.3. The van der Waals surface area contributed by atoms with Crippen LogP contribution in [0.2, 0.25) is 0 Å². The number of aliphatic hydroxyl groups excluding tert-OH is 1. The van der Waals surface area contributed by atoms with Crippen molar-refractivity contribution in [3.8, 4) is 0 Å². The van der Waals surface area contributed by atoms with Crippen LogP contribution in [0.15, 0.2) is 24.3 Å². The van der Waals surface area contributed by atoms with E-state index in [0.29, 0.717) is 5.92 Å². The summed E-state index contributed by atoms with van der Waals surface area (Å²) in [7, 11) is 0. The smallest absolute Gasteiger partial charge is 0.0635 e.